The van der Waals surface area contributed by atoms with Gasteiger partial charge in [-0.05, 0) is 37.3 Å². The topological polar surface area (TPSA) is 151 Å². The van der Waals surface area contributed by atoms with Gasteiger partial charge in [0.25, 0.3) is 11.2 Å². The van der Waals surface area contributed by atoms with Gasteiger partial charge < -0.3 is 23.9 Å². The molecule has 0 saturated heterocycles. The van der Waals surface area contributed by atoms with Crippen LogP contribution in [0.4, 0.5) is 5.69 Å². The van der Waals surface area contributed by atoms with Crippen LogP contribution in [-0.4, -0.2) is 46.9 Å². The Labute approximate surface area is 223 Å². The summed E-state index contributed by atoms with van der Waals surface area (Å²) in [5, 5.41) is 18.9. The van der Waals surface area contributed by atoms with E-state index in [-0.39, 0.29) is 23.6 Å². The second kappa shape index (κ2) is 12.2. The van der Waals surface area contributed by atoms with Gasteiger partial charge >= 0.3 is 0 Å². The Morgan fingerprint density at radius 3 is 2.44 bits per heavy atom. The van der Waals surface area contributed by atoms with Crippen molar-refractivity contribution in [2.45, 2.75) is 25.7 Å². The van der Waals surface area contributed by atoms with Crippen LogP contribution in [0.25, 0.3) is 22.3 Å². The number of non-ortho nitro benzene ring substituents is 1. The quantitative estimate of drug-likeness (QED) is 0.189. The first kappa shape index (κ1) is 28.8. The van der Waals surface area contributed by atoms with Crippen LogP contribution in [-0.2, 0) is 33.1 Å². The van der Waals surface area contributed by atoms with Gasteiger partial charge in [0, 0.05) is 42.9 Å². The number of hydrogen-bond acceptors (Lipinski definition) is 9. The minimum atomic E-state index is -1.56. The molecule has 0 unspecified atom stereocenters. The van der Waals surface area contributed by atoms with E-state index in [0.29, 0.717) is 35.3 Å². The van der Waals surface area contributed by atoms with Gasteiger partial charge in [-0.25, -0.2) is 4.98 Å². The summed E-state index contributed by atoms with van der Waals surface area (Å²) in [6, 6.07) is 16.9. The standard InChI is InChI=1S/C26H21N3O6.CH4O.CH2O/c1-26(15-30,35-19-9-7-18(8-10-19)29(32)33)21-12-23-24-17(11-16-5-3-4-6-22(16)27-24)13-28(23)25(31)20(21)14-34-2;2*1-2/h3-12,15H,13-14H2,1-2H3;2H,1H3;1H2/t26-;;/m1../s1. The van der Waals surface area contributed by atoms with Crippen molar-refractivity contribution in [3.63, 3.8) is 0 Å². The number of aliphatic hydroxyl groups excluding tert-OH is 1. The third kappa shape index (κ3) is 5.44. The summed E-state index contributed by atoms with van der Waals surface area (Å²) in [6.45, 7) is 3.89. The number of hydrogen-bond donors (Lipinski definition) is 1. The van der Waals surface area contributed by atoms with Gasteiger partial charge in [-0.2, -0.15) is 0 Å². The average Bonchev–Trinajstić information content (AvgIpc) is 3.33. The molecular formula is C28H27N3O8. The third-order valence-corrected chi connectivity index (χ3v) is 6.20. The highest BCUT2D eigenvalue weighted by Gasteiger charge is 2.36. The number of aromatic nitrogens is 2. The van der Waals surface area contributed by atoms with Gasteiger partial charge in [0.2, 0.25) is 0 Å². The lowest BCUT2D eigenvalue weighted by Crippen LogP contribution is -2.37. The number of pyridine rings is 2. The largest absolute Gasteiger partial charge is 0.475 e. The van der Waals surface area contributed by atoms with Crippen molar-refractivity contribution in [2.75, 3.05) is 14.2 Å². The average molecular weight is 534 g/mol. The molecule has 4 aromatic rings. The minimum absolute atomic E-state index is 0.0206. The van der Waals surface area contributed by atoms with Crippen LogP contribution in [0.3, 0.4) is 0 Å². The Hall–Kier alpha value is -4.74. The molecule has 2 aromatic heterocycles. The lowest BCUT2D eigenvalue weighted by molar-refractivity contribution is -0.384. The number of rotatable bonds is 7. The Balaban J connectivity index is 0.00000100. The number of aldehydes is 1. The number of nitro benzene ring substituents is 1. The fourth-order valence-corrected chi connectivity index (χ4v) is 4.46. The zero-order valence-corrected chi connectivity index (χ0v) is 21.6. The summed E-state index contributed by atoms with van der Waals surface area (Å²) in [6.07, 6.45) is 0.614. The fourth-order valence-electron chi connectivity index (χ4n) is 4.46. The molecule has 0 fully saturated rings. The van der Waals surface area contributed by atoms with Crippen molar-refractivity contribution < 1.29 is 29.1 Å². The van der Waals surface area contributed by atoms with Crippen molar-refractivity contribution in [3.05, 3.63) is 97.8 Å². The Kier molecular flexibility index (Phi) is 9.02. The van der Waals surface area contributed by atoms with Crippen molar-refractivity contribution in [1.29, 1.82) is 0 Å². The highest BCUT2D eigenvalue weighted by Crippen LogP contribution is 2.36. The summed E-state index contributed by atoms with van der Waals surface area (Å²) in [4.78, 5) is 49.2. The normalized spacial score (nSPS) is 12.5. The van der Waals surface area contributed by atoms with E-state index in [1.54, 1.807) is 17.6 Å². The van der Waals surface area contributed by atoms with Crippen LogP contribution < -0.4 is 10.3 Å². The Morgan fingerprint density at radius 2 is 1.82 bits per heavy atom. The maximum absolute atomic E-state index is 13.6. The number of nitrogens with zero attached hydrogens (tertiary/aromatic N) is 3. The lowest BCUT2D eigenvalue weighted by atomic mass is 9.92. The van der Waals surface area contributed by atoms with Crippen LogP contribution in [0.5, 0.6) is 5.75 Å². The molecule has 0 bridgehead atoms. The van der Waals surface area contributed by atoms with E-state index in [1.807, 2.05) is 37.1 Å². The van der Waals surface area contributed by atoms with Gasteiger partial charge in [0.15, 0.2) is 11.9 Å². The number of fused-ring (bicyclic) bond motifs is 4. The lowest BCUT2D eigenvalue weighted by Gasteiger charge is -2.28. The van der Waals surface area contributed by atoms with Crippen molar-refractivity contribution in [1.82, 2.24) is 9.55 Å². The minimum Gasteiger partial charge on any atom is -0.475 e. The number of carbonyl (C=O) groups is 2. The van der Waals surface area contributed by atoms with E-state index in [2.05, 4.69) is 0 Å². The molecule has 0 aliphatic carbocycles. The van der Waals surface area contributed by atoms with E-state index in [4.69, 9.17) is 24.4 Å². The molecule has 202 valence electrons. The predicted octanol–water partition coefficient (Wildman–Crippen LogP) is 3.40. The fraction of sp³-hybridized carbons (Fsp3) is 0.214. The second-order valence-corrected chi connectivity index (χ2v) is 8.51. The number of methoxy groups -OCH3 is 1. The van der Waals surface area contributed by atoms with E-state index in [9.17, 15) is 19.7 Å². The van der Waals surface area contributed by atoms with E-state index in [0.717, 1.165) is 23.6 Å². The van der Waals surface area contributed by atoms with Crippen LogP contribution >= 0.6 is 0 Å². The Morgan fingerprint density at radius 1 is 1.15 bits per heavy atom. The van der Waals surface area contributed by atoms with Crippen molar-refractivity contribution in [3.8, 4) is 17.1 Å². The van der Waals surface area contributed by atoms with Gasteiger partial charge in [0.05, 0.1) is 40.5 Å². The molecular weight excluding hydrogens is 506 g/mol. The van der Waals surface area contributed by atoms with Gasteiger partial charge in [-0.1, -0.05) is 18.2 Å². The molecule has 0 amide bonds. The number of para-hydroxylation sites is 1. The predicted molar refractivity (Wildman–Crippen MR) is 144 cm³/mol. The molecule has 5 rings (SSSR count). The molecule has 11 nitrogen and oxygen atoms in total. The first-order chi connectivity index (χ1) is 18.8. The van der Waals surface area contributed by atoms with E-state index < -0.39 is 10.5 Å². The van der Waals surface area contributed by atoms with Crippen molar-refractivity contribution in [2.24, 2.45) is 0 Å². The van der Waals surface area contributed by atoms with Gasteiger partial charge in [-0.3, -0.25) is 19.7 Å². The maximum Gasteiger partial charge on any atom is 0.269 e. The molecule has 0 spiro atoms. The summed E-state index contributed by atoms with van der Waals surface area (Å²) in [5.41, 5.74) is 1.67. The van der Waals surface area contributed by atoms with Crippen LogP contribution in [0.1, 0.15) is 23.6 Å². The summed E-state index contributed by atoms with van der Waals surface area (Å²) in [5.74, 6) is 0.249. The van der Waals surface area contributed by atoms with Gasteiger partial charge in [0.1, 0.15) is 12.5 Å². The molecule has 2 aromatic carbocycles. The SMILES string of the molecule is C=O.CO.COCc1c([C@@](C)(C=O)Oc2ccc([N+](=O)[O-])cc2)cc2n(c1=O)Cc1cc3ccccc3nc1-2. The number of nitro groups is 1. The second-order valence-electron chi connectivity index (χ2n) is 8.51. The zero-order valence-electron chi connectivity index (χ0n) is 21.6. The molecule has 1 aliphatic heterocycles. The molecule has 0 saturated carbocycles. The summed E-state index contributed by atoms with van der Waals surface area (Å²) in [7, 11) is 2.47. The smallest absolute Gasteiger partial charge is 0.269 e. The van der Waals surface area contributed by atoms with Crippen LogP contribution in [0, 0.1) is 10.1 Å². The molecule has 0 radical (unpaired) electrons. The molecule has 1 aliphatic rings. The third-order valence-electron chi connectivity index (χ3n) is 6.20. The van der Waals surface area contributed by atoms with E-state index >= 15 is 0 Å². The highest BCUT2D eigenvalue weighted by atomic mass is 16.6. The highest BCUT2D eigenvalue weighted by molar-refractivity contribution is 5.84. The molecule has 11 heteroatoms. The first-order valence-corrected chi connectivity index (χ1v) is 11.6. The monoisotopic (exact) mass is 533 g/mol. The van der Waals surface area contributed by atoms with Crippen LogP contribution in [0.15, 0.2) is 65.5 Å². The molecule has 1 N–H and O–H groups in total. The number of carbonyl (C=O) groups excluding carboxylic acids is 2. The number of benzene rings is 2. The molecule has 3 heterocycles. The van der Waals surface area contributed by atoms with Gasteiger partial charge in [-0.15, -0.1) is 0 Å². The summed E-state index contributed by atoms with van der Waals surface area (Å²) >= 11 is 0. The molecule has 39 heavy (non-hydrogen) atoms. The van der Waals surface area contributed by atoms with E-state index in [1.165, 1.54) is 31.4 Å². The maximum atomic E-state index is 13.6. The first-order valence-electron chi connectivity index (χ1n) is 11.6. The Bertz CT molecular complexity index is 1570. The zero-order chi connectivity index (χ0) is 28.7. The molecule has 1 atom stereocenters. The number of ether oxygens (including phenoxy) is 2. The van der Waals surface area contributed by atoms with Crippen molar-refractivity contribution >= 4 is 29.7 Å². The number of aliphatic hydroxyl groups is 1. The summed E-state index contributed by atoms with van der Waals surface area (Å²) < 4.78 is 13.0. The van der Waals surface area contributed by atoms with Crippen LogP contribution in [0.2, 0.25) is 0 Å².